The summed E-state index contributed by atoms with van der Waals surface area (Å²) in [5.41, 5.74) is 2.63. The van der Waals surface area contributed by atoms with Crippen LogP contribution in [0.15, 0.2) is 72.8 Å². The molecule has 0 aliphatic carbocycles. The summed E-state index contributed by atoms with van der Waals surface area (Å²) in [5.74, 6) is -0.383. The number of halogens is 3. The fraction of sp³-hybridized carbons (Fsp3) is 0.192. The fourth-order valence-electron chi connectivity index (χ4n) is 4.38. The number of nitrogens with one attached hydrogen (secondary N) is 1. The van der Waals surface area contributed by atoms with E-state index in [1.807, 2.05) is 30.3 Å². The minimum Gasteiger partial charge on any atom is -0.391 e. The van der Waals surface area contributed by atoms with Gasteiger partial charge in [-0.15, -0.1) is 5.10 Å². The van der Waals surface area contributed by atoms with Gasteiger partial charge in [0.1, 0.15) is 5.52 Å². The van der Waals surface area contributed by atoms with Crippen molar-refractivity contribution in [1.82, 2.24) is 24.9 Å². The first-order valence-electron chi connectivity index (χ1n) is 11.2. The molecule has 2 N–H and O–H groups in total. The van der Waals surface area contributed by atoms with Gasteiger partial charge in [-0.05, 0) is 55.0 Å². The van der Waals surface area contributed by atoms with E-state index in [0.717, 1.165) is 17.7 Å². The molecule has 0 bridgehead atoms. The number of amides is 1. The standard InChI is InChI=1S/C26H22F3N5O2/c1-15(35)22(16-6-4-3-5-7-16)30-24(36)17-8-13-21-20(14-17)23-25(33(2)32-31-23)34(21)19-11-9-18(10-12-19)26(27,28)29/h3-15,22,35H,1-2H3,(H,30,36)/t15-,22-/m0/s1. The first-order valence-corrected chi connectivity index (χ1v) is 11.2. The first-order chi connectivity index (χ1) is 17.1. The van der Waals surface area contributed by atoms with Gasteiger partial charge in [-0.2, -0.15) is 13.2 Å². The second-order valence-electron chi connectivity index (χ2n) is 8.60. The number of aromatic nitrogens is 4. The van der Waals surface area contributed by atoms with Crippen LogP contribution in [0.4, 0.5) is 13.2 Å². The molecule has 5 aromatic rings. The van der Waals surface area contributed by atoms with Crippen molar-refractivity contribution >= 4 is 28.0 Å². The van der Waals surface area contributed by atoms with E-state index in [2.05, 4.69) is 15.6 Å². The number of aliphatic hydroxyl groups excluding tert-OH is 1. The Hall–Kier alpha value is -4.18. The molecular weight excluding hydrogens is 471 g/mol. The van der Waals surface area contributed by atoms with Crippen LogP contribution >= 0.6 is 0 Å². The molecule has 7 nitrogen and oxygen atoms in total. The summed E-state index contributed by atoms with van der Waals surface area (Å²) < 4.78 is 42.5. The summed E-state index contributed by atoms with van der Waals surface area (Å²) in [6.45, 7) is 1.61. The molecule has 0 aliphatic heterocycles. The van der Waals surface area contributed by atoms with Crippen LogP contribution < -0.4 is 5.32 Å². The van der Waals surface area contributed by atoms with Crippen molar-refractivity contribution in [3.05, 3.63) is 89.5 Å². The van der Waals surface area contributed by atoms with Gasteiger partial charge in [-0.25, -0.2) is 4.68 Å². The van der Waals surface area contributed by atoms with Crippen molar-refractivity contribution in [3.8, 4) is 5.69 Å². The van der Waals surface area contributed by atoms with Gasteiger partial charge in [0, 0.05) is 23.7 Å². The summed E-state index contributed by atoms with van der Waals surface area (Å²) in [4.78, 5) is 13.1. The zero-order chi connectivity index (χ0) is 25.6. The maximum absolute atomic E-state index is 13.1. The highest BCUT2D eigenvalue weighted by Crippen LogP contribution is 2.34. The summed E-state index contributed by atoms with van der Waals surface area (Å²) in [5, 5.41) is 22.1. The highest BCUT2D eigenvalue weighted by Gasteiger charge is 2.30. The fourth-order valence-corrected chi connectivity index (χ4v) is 4.38. The zero-order valence-corrected chi connectivity index (χ0v) is 19.4. The zero-order valence-electron chi connectivity index (χ0n) is 19.4. The van der Waals surface area contributed by atoms with E-state index in [1.54, 1.807) is 36.7 Å². The summed E-state index contributed by atoms with van der Waals surface area (Å²) in [7, 11) is 1.69. The number of hydrogen-bond acceptors (Lipinski definition) is 4. The van der Waals surface area contributed by atoms with E-state index < -0.39 is 23.9 Å². The average molecular weight is 493 g/mol. The highest BCUT2D eigenvalue weighted by atomic mass is 19.4. The predicted octanol–water partition coefficient (Wildman–Crippen LogP) is 4.78. The van der Waals surface area contributed by atoms with Gasteiger partial charge >= 0.3 is 6.18 Å². The van der Waals surface area contributed by atoms with Crippen LogP contribution in [0.25, 0.3) is 27.8 Å². The van der Waals surface area contributed by atoms with Gasteiger partial charge in [0.15, 0.2) is 5.65 Å². The van der Waals surface area contributed by atoms with Crippen LogP contribution in [-0.4, -0.2) is 36.7 Å². The molecule has 0 aliphatic rings. The summed E-state index contributed by atoms with van der Waals surface area (Å²) in [6, 6.07) is 18.4. The molecule has 2 aromatic heterocycles. The maximum atomic E-state index is 13.1. The number of alkyl halides is 3. The molecule has 0 spiro atoms. The first kappa shape index (κ1) is 23.6. The average Bonchev–Trinajstić information content (AvgIpc) is 3.39. The van der Waals surface area contributed by atoms with Crippen molar-refractivity contribution in [2.24, 2.45) is 7.05 Å². The molecular formula is C26H22F3N5O2. The third-order valence-electron chi connectivity index (χ3n) is 6.14. The Bertz CT molecular complexity index is 1550. The third kappa shape index (κ3) is 4.09. The normalized spacial score (nSPS) is 13.7. The highest BCUT2D eigenvalue weighted by molar-refractivity contribution is 6.09. The number of rotatable bonds is 5. The van der Waals surface area contributed by atoms with Crippen molar-refractivity contribution in [2.75, 3.05) is 0 Å². The predicted molar refractivity (Wildman–Crippen MR) is 129 cm³/mol. The number of nitrogens with zero attached hydrogens (tertiary/aromatic N) is 4. The SMILES string of the molecule is C[C@H](O)[C@H](NC(=O)c1ccc2c(c1)c1nnn(C)c1n2-c1ccc(C(F)(F)F)cc1)c1ccccc1. The van der Waals surface area contributed by atoms with Gasteiger partial charge in [-0.3, -0.25) is 9.36 Å². The molecule has 0 unspecified atom stereocenters. The van der Waals surface area contributed by atoms with Crippen molar-refractivity contribution in [3.63, 3.8) is 0 Å². The Morgan fingerprint density at radius 1 is 1.03 bits per heavy atom. The minimum atomic E-state index is -4.44. The van der Waals surface area contributed by atoms with E-state index in [9.17, 15) is 23.1 Å². The molecule has 0 saturated carbocycles. The Kier molecular flexibility index (Phi) is 5.76. The van der Waals surface area contributed by atoms with Gasteiger partial charge in [0.25, 0.3) is 5.91 Å². The smallest absolute Gasteiger partial charge is 0.391 e. The number of aliphatic hydroxyl groups is 1. The van der Waals surface area contributed by atoms with Crippen LogP contribution in [0.3, 0.4) is 0 Å². The topological polar surface area (TPSA) is 85.0 Å². The summed E-state index contributed by atoms with van der Waals surface area (Å²) >= 11 is 0. The number of benzene rings is 3. The van der Waals surface area contributed by atoms with Crippen molar-refractivity contribution in [2.45, 2.75) is 25.2 Å². The molecule has 3 aromatic carbocycles. The Morgan fingerprint density at radius 3 is 2.36 bits per heavy atom. The van der Waals surface area contributed by atoms with E-state index in [0.29, 0.717) is 33.3 Å². The van der Waals surface area contributed by atoms with Crippen LogP contribution in [-0.2, 0) is 13.2 Å². The number of hydrogen-bond donors (Lipinski definition) is 2. The molecule has 10 heteroatoms. The molecule has 5 rings (SSSR count). The van der Waals surface area contributed by atoms with E-state index in [-0.39, 0.29) is 5.91 Å². The number of carbonyl (C=O) groups excluding carboxylic acids is 1. The van der Waals surface area contributed by atoms with Gasteiger partial charge < -0.3 is 10.4 Å². The number of aryl methyl sites for hydroxylation is 1. The molecule has 0 radical (unpaired) electrons. The number of fused-ring (bicyclic) bond motifs is 3. The quantitative estimate of drug-likeness (QED) is 0.369. The Morgan fingerprint density at radius 2 is 1.72 bits per heavy atom. The minimum absolute atomic E-state index is 0.348. The van der Waals surface area contributed by atoms with Crippen LogP contribution in [0, 0.1) is 0 Å². The molecule has 36 heavy (non-hydrogen) atoms. The van der Waals surface area contributed by atoms with Crippen LogP contribution in [0.2, 0.25) is 0 Å². The second-order valence-corrected chi connectivity index (χ2v) is 8.60. The maximum Gasteiger partial charge on any atom is 0.416 e. The monoisotopic (exact) mass is 493 g/mol. The molecule has 2 heterocycles. The molecule has 2 atom stereocenters. The lowest BCUT2D eigenvalue weighted by atomic mass is 10.0. The Labute approximate surface area is 203 Å². The molecule has 0 fully saturated rings. The Balaban J connectivity index is 1.57. The lowest BCUT2D eigenvalue weighted by Gasteiger charge is -2.22. The van der Waals surface area contributed by atoms with E-state index in [1.165, 1.54) is 16.8 Å². The van der Waals surface area contributed by atoms with Gasteiger partial charge in [0.2, 0.25) is 0 Å². The number of carbonyl (C=O) groups is 1. The summed E-state index contributed by atoms with van der Waals surface area (Å²) in [6.07, 6.45) is -5.26. The van der Waals surface area contributed by atoms with Crippen molar-refractivity contribution in [1.29, 1.82) is 0 Å². The van der Waals surface area contributed by atoms with Crippen molar-refractivity contribution < 1.29 is 23.1 Å². The lowest BCUT2D eigenvalue weighted by Crippen LogP contribution is -2.35. The van der Waals surface area contributed by atoms with E-state index in [4.69, 9.17) is 0 Å². The van der Waals surface area contributed by atoms with Gasteiger partial charge in [0.05, 0.1) is 23.2 Å². The molecule has 1 amide bonds. The van der Waals surface area contributed by atoms with Gasteiger partial charge in [-0.1, -0.05) is 35.5 Å². The molecule has 184 valence electrons. The lowest BCUT2D eigenvalue weighted by molar-refractivity contribution is -0.137. The van der Waals surface area contributed by atoms with Crippen LogP contribution in [0.5, 0.6) is 0 Å². The largest absolute Gasteiger partial charge is 0.416 e. The van der Waals surface area contributed by atoms with Crippen LogP contribution in [0.1, 0.15) is 34.5 Å². The second kappa shape index (κ2) is 8.80. The third-order valence-corrected chi connectivity index (χ3v) is 6.14. The molecule has 0 saturated heterocycles. The van der Waals surface area contributed by atoms with E-state index >= 15 is 0 Å².